The van der Waals surface area contributed by atoms with Crippen LogP contribution in [0.25, 0.3) is 5.57 Å². The highest BCUT2D eigenvalue weighted by Crippen LogP contribution is 2.31. The quantitative estimate of drug-likeness (QED) is 0.745. The van der Waals surface area contributed by atoms with Crippen LogP contribution in [0.5, 0.6) is 0 Å². The molecule has 0 aromatic heterocycles. The SMILES string of the molecule is C[SiH](C)OC(CC=C(CC(C)(C)C)c1ccc(F)cc1)C(=O)O. The molecule has 1 N–H and O–H groups in total. The molecular weight excluding hydrogens is 311 g/mol. The minimum Gasteiger partial charge on any atom is -0.479 e. The molecule has 0 aliphatic rings. The van der Waals surface area contributed by atoms with Crippen LogP contribution in [-0.2, 0) is 9.22 Å². The van der Waals surface area contributed by atoms with E-state index in [0.29, 0.717) is 6.42 Å². The van der Waals surface area contributed by atoms with Gasteiger partial charge in [-0.15, -0.1) is 0 Å². The van der Waals surface area contributed by atoms with Gasteiger partial charge in [-0.2, -0.15) is 0 Å². The number of carboxylic acids is 1. The van der Waals surface area contributed by atoms with Gasteiger partial charge >= 0.3 is 5.97 Å². The fourth-order valence-corrected chi connectivity index (χ4v) is 3.20. The number of halogens is 1. The van der Waals surface area contributed by atoms with Gasteiger partial charge in [0.2, 0.25) is 0 Å². The van der Waals surface area contributed by atoms with Crippen molar-refractivity contribution in [1.29, 1.82) is 0 Å². The first-order valence-electron chi connectivity index (χ1n) is 7.92. The van der Waals surface area contributed by atoms with E-state index in [9.17, 15) is 14.3 Å². The van der Waals surface area contributed by atoms with E-state index in [1.807, 2.05) is 19.2 Å². The van der Waals surface area contributed by atoms with E-state index in [0.717, 1.165) is 17.6 Å². The van der Waals surface area contributed by atoms with Crippen molar-refractivity contribution in [2.75, 3.05) is 0 Å². The number of aliphatic carboxylic acids is 1. The Morgan fingerprint density at radius 2 is 1.87 bits per heavy atom. The van der Waals surface area contributed by atoms with E-state index in [1.54, 1.807) is 12.1 Å². The van der Waals surface area contributed by atoms with Crippen molar-refractivity contribution >= 4 is 20.6 Å². The Kier molecular flexibility index (Phi) is 7.16. The third kappa shape index (κ3) is 7.57. The number of hydrogen-bond acceptors (Lipinski definition) is 2. The molecule has 3 nitrogen and oxygen atoms in total. The Labute approximate surface area is 139 Å². The van der Waals surface area contributed by atoms with Crippen molar-refractivity contribution in [1.82, 2.24) is 0 Å². The van der Waals surface area contributed by atoms with Crippen molar-refractivity contribution in [2.45, 2.75) is 52.8 Å². The van der Waals surface area contributed by atoms with Gasteiger partial charge in [-0.1, -0.05) is 39.0 Å². The maximum Gasteiger partial charge on any atom is 0.331 e. The van der Waals surface area contributed by atoms with Crippen LogP contribution >= 0.6 is 0 Å². The van der Waals surface area contributed by atoms with Gasteiger partial charge < -0.3 is 9.53 Å². The minimum absolute atomic E-state index is 0.0482. The first-order valence-corrected chi connectivity index (χ1v) is 10.7. The van der Waals surface area contributed by atoms with Crippen molar-refractivity contribution in [3.05, 3.63) is 41.7 Å². The number of carbonyl (C=O) groups is 1. The summed E-state index contributed by atoms with van der Waals surface area (Å²) in [5, 5.41) is 9.29. The first kappa shape index (κ1) is 19.6. The first-order chi connectivity index (χ1) is 10.6. The van der Waals surface area contributed by atoms with Gasteiger partial charge in [-0.3, -0.25) is 0 Å². The molecule has 1 atom stereocenters. The molecule has 128 valence electrons. The number of benzene rings is 1. The van der Waals surface area contributed by atoms with Gasteiger partial charge in [0.25, 0.3) is 0 Å². The predicted molar refractivity (Wildman–Crippen MR) is 94.5 cm³/mol. The zero-order valence-electron chi connectivity index (χ0n) is 14.6. The molecular formula is C18H27FO3Si. The van der Waals surface area contributed by atoms with Gasteiger partial charge in [0.05, 0.1) is 0 Å². The Balaban J connectivity index is 3.02. The van der Waals surface area contributed by atoms with Crippen LogP contribution in [0.2, 0.25) is 13.1 Å². The summed E-state index contributed by atoms with van der Waals surface area (Å²) in [7, 11) is -1.43. The van der Waals surface area contributed by atoms with E-state index in [4.69, 9.17) is 4.43 Å². The monoisotopic (exact) mass is 338 g/mol. The molecule has 0 bridgehead atoms. The lowest BCUT2D eigenvalue weighted by atomic mass is 9.84. The second-order valence-electron chi connectivity index (χ2n) is 7.22. The molecule has 23 heavy (non-hydrogen) atoms. The van der Waals surface area contributed by atoms with Gasteiger partial charge in [0.15, 0.2) is 9.04 Å². The van der Waals surface area contributed by atoms with Crippen molar-refractivity contribution in [3.63, 3.8) is 0 Å². The van der Waals surface area contributed by atoms with E-state index in [-0.39, 0.29) is 11.2 Å². The molecule has 1 aromatic carbocycles. The van der Waals surface area contributed by atoms with E-state index < -0.39 is 21.1 Å². The largest absolute Gasteiger partial charge is 0.479 e. The van der Waals surface area contributed by atoms with E-state index in [2.05, 4.69) is 20.8 Å². The molecule has 1 rings (SSSR count). The standard InChI is InChI=1S/C18H27FO3Si/c1-18(2,3)12-14(13-6-9-15(19)10-7-13)8-11-16(17(20)21)22-23(4)5/h6-10,16,23H,11-12H2,1-5H3,(H,20,21). The number of rotatable bonds is 7. The molecule has 1 unspecified atom stereocenters. The smallest absolute Gasteiger partial charge is 0.331 e. The summed E-state index contributed by atoms with van der Waals surface area (Å²) in [6, 6.07) is 6.33. The summed E-state index contributed by atoms with van der Waals surface area (Å²) >= 11 is 0. The molecule has 0 heterocycles. The Morgan fingerprint density at radius 1 is 1.30 bits per heavy atom. The average Bonchev–Trinajstić information content (AvgIpc) is 2.41. The molecule has 0 spiro atoms. The maximum absolute atomic E-state index is 13.1. The van der Waals surface area contributed by atoms with Crippen LogP contribution in [0.15, 0.2) is 30.3 Å². The van der Waals surface area contributed by atoms with Gasteiger partial charge in [0, 0.05) is 6.42 Å². The zero-order valence-corrected chi connectivity index (χ0v) is 15.8. The summed E-state index contributed by atoms with van der Waals surface area (Å²) in [4.78, 5) is 11.3. The third-order valence-corrected chi connectivity index (χ3v) is 4.10. The molecule has 0 saturated carbocycles. The minimum atomic E-state index is -1.43. The molecule has 0 amide bonds. The summed E-state index contributed by atoms with van der Waals surface area (Å²) in [5.41, 5.74) is 2.00. The third-order valence-electron chi connectivity index (χ3n) is 3.23. The molecule has 0 saturated heterocycles. The fourth-order valence-electron chi connectivity index (χ4n) is 2.32. The van der Waals surface area contributed by atoms with Crippen molar-refractivity contribution in [2.24, 2.45) is 5.41 Å². The van der Waals surface area contributed by atoms with Crippen LogP contribution < -0.4 is 0 Å². The zero-order chi connectivity index (χ0) is 17.6. The second kappa shape index (κ2) is 8.41. The Morgan fingerprint density at radius 3 is 2.30 bits per heavy atom. The van der Waals surface area contributed by atoms with Crippen molar-refractivity contribution < 1.29 is 18.7 Å². The molecule has 0 fully saturated rings. The van der Waals surface area contributed by atoms with Crippen LogP contribution in [0.3, 0.4) is 0 Å². The molecule has 1 aromatic rings. The van der Waals surface area contributed by atoms with Gasteiger partial charge in [0.1, 0.15) is 11.9 Å². The Bertz CT molecular complexity index is 544. The highest BCUT2D eigenvalue weighted by molar-refractivity contribution is 6.48. The van der Waals surface area contributed by atoms with Crippen LogP contribution in [0.1, 0.15) is 39.2 Å². The summed E-state index contributed by atoms with van der Waals surface area (Å²) < 4.78 is 18.7. The molecule has 0 aliphatic heterocycles. The van der Waals surface area contributed by atoms with Gasteiger partial charge in [-0.05, 0) is 48.2 Å². The lowest BCUT2D eigenvalue weighted by molar-refractivity contribution is -0.145. The number of allylic oxidation sites excluding steroid dienone is 1. The maximum atomic E-state index is 13.1. The second-order valence-corrected chi connectivity index (χ2v) is 9.59. The fraction of sp³-hybridized carbons (Fsp3) is 0.500. The lowest BCUT2D eigenvalue weighted by Crippen LogP contribution is -2.28. The van der Waals surface area contributed by atoms with Crippen LogP contribution in [0, 0.1) is 11.2 Å². The number of hydrogen-bond donors (Lipinski definition) is 1. The highest BCUT2D eigenvalue weighted by atomic mass is 28.3. The average molecular weight is 338 g/mol. The van der Waals surface area contributed by atoms with Crippen LogP contribution in [0.4, 0.5) is 4.39 Å². The molecule has 5 heteroatoms. The molecule has 0 aliphatic carbocycles. The lowest BCUT2D eigenvalue weighted by Gasteiger charge is -2.22. The number of carboxylic acid groups (broad SMARTS) is 1. The normalized spacial score (nSPS) is 14.1. The van der Waals surface area contributed by atoms with Gasteiger partial charge in [-0.25, -0.2) is 9.18 Å². The van der Waals surface area contributed by atoms with Crippen LogP contribution in [-0.4, -0.2) is 26.2 Å². The van der Waals surface area contributed by atoms with E-state index in [1.165, 1.54) is 12.1 Å². The topological polar surface area (TPSA) is 46.5 Å². The van der Waals surface area contributed by atoms with E-state index >= 15 is 0 Å². The molecule has 0 radical (unpaired) electrons. The Hall–Kier alpha value is -1.46. The summed E-state index contributed by atoms with van der Waals surface area (Å²) in [6.45, 7) is 10.3. The van der Waals surface area contributed by atoms with Crippen molar-refractivity contribution in [3.8, 4) is 0 Å². The summed E-state index contributed by atoms with van der Waals surface area (Å²) in [5.74, 6) is -1.21. The predicted octanol–water partition coefficient (Wildman–Crippen LogP) is 4.49. The summed E-state index contributed by atoms with van der Waals surface area (Å²) in [6.07, 6.45) is 2.22. The highest BCUT2D eigenvalue weighted by Gasteiger charge is 2.20.